The van der Waals surface area contributed by atoms with Gasteiger partial charge in [-0.25, -0.2) is 4.79 Å². The summed E-state index contributed by atoms with van der Waals surface area (Å²) >= 11 is 0. The number of carbonyl (C=O) groups excluding carboxylic acids is 1. The van der Waals surface area contributed by atoms with Gasteiger partial charge in [-0.15, -0.1) is 0 Å². The fourth-order valence-corrected chi connectivity index (χ4v) is 1.86. The van der Waals surface area contributed by atoms with Crippen molar-refractivity contribution in [1.29, 1.82) is 0 Å². The highest BCUT2D eigenvalue weighted by Gasteiger charge is 2.11. The summed E-state index contributed by atoms with van der Waals surface area (Å²) in [5.41, 5.74) is 1.79. The van der Waals surface area contributed by atoms with E-state index in [1.54, 1.807) is 0 Å². The van der Waals surface area contributed by atoms with Crippen molar-refractivity contribution in [2.45, 2.75) is 59.0 Å². The van der Waals surface area contributed by atoms with E-state index in [4.69, 9.17) is 4.74 Å². The predicted molar refractivity (Wildman–Crippen MR) is 74.8 cm³/mol. The van der Waals surface area contributed by atoms with Crippen LogP contribution >= 0.6 is 0 Å². The van der Waals surface area contributed by atoms with Crippen molar-refractivity contribution in [1.82, 2.24) is 0 Å². The van der Waals surface area contributed by atoms with Crippen LogP contribution in [0.15, 0.2) is 24.3 Å². The second-order valence-corrected chi connectivity index (χ2v) is 4.93. The molecule has 1 rings (SSSR count). The molecule has 2 heteroatoms. The monoisotopic (exact) mass is 248 g/mol. The largest absolute Gasteiger partial charge is 0.459 e. The molecule has 0 fully saturated rings. The van der Waals surface area contributed by atoms with Crippen molar-refractivity contribution >= 4 is 5.97 Å². The van der Waals surface area contributed by atoms with Gasteiger partial charge in [-0.2, -0.15) is 0 Å². The van der Waals surface area contributed by atoms with Gasteiger partial charge in [-0.05, 0) is 38.8 Å². The maximum Gasteiger partial charge on any atom is 0.338 e. The van der Waals surface area contributed by atoms with Crippen LogP contribution in [0.4, 0.5) is 0 Å². The van der Waals surface area contributed by atoms with Gasteiger partial charge in [-0.3, -0.25) is 0 Å². The molecule has 0 radical (unpaired) electrons. The lowest BCUT2D eigenvalue weighted by atomic mass is 10.1. The number of carbonyl (C=O) groups is 1. The van der Waals surface area contributed by atoms with Crippen LogP contribution in [0.1, 0.15) is 61.9 Å². The van der Waals surface area contributed by atoms with Crippen LogP contribution in [0.2, 0.25) is 0 Å². The smallest absolute Gasteiger partial charge is 0.338 e. The third-order valence-electron chi connectivity index (χ3n) is 3.06. The third kappa shape index (κ3) is 5.35. The van der Waals surface area contributed by atoms with E-state index in [-0.39, 0.29) is 12.1 Å². The number of hydrogen-bond acceptors (Lipinski definition) is 2. The Morgan fingerprint density at radius 2 is 1.83 bits per heavy atom. The minimum atomic E-state index is -0.210. The van der Waals surface area contributed by atoms with Gasteiger partial charge in [0.1, 0.15) is 0 Å². The molecule has 0 amide bonds. The Morgan fingerprint density at radius 3 is 2.44 bits per heavy atom. The van der Waals surface area contributed by atoms with Gasteiger partial charge in [0.15, 0.2) is 0 Å². The molecule has 0 unspecified atom stereocenters. The zero-order valence-corrected chi connectivity index (χ0v) is 11.7. The Kier molecular flexibility index (Phi) is 6.48. The van der Waals surface area contributed by atoms with Gasteiger partial charge in [0.25, 0.3) is 0 Å². The van der Waals surface area contributed by atoms with Crippen molar-refractivity contribution in [3.05, 3.63) is 35.4 Å². The maximum absolute atomic E-state index is 11.8. The lowest BCUT2D eigenvalue weighted by molar-refractivity contribution is 0.0319. The molecule has 0 aliphatic rings. The van der Waals surface area contributed by atoms with Crippen molar-refractivity contribution in [2.24, 2.45) is 0 Å². The van der Waals surface area contributed by atoms with Crippen molar-refractivity contribution in [2.75, 3.05) is 0 Å². The Morgan fingerprint density at radius 1 is 1.17 bits per heavy atom. The molecule has 100 valence electrons. The number of ether oxygens (including phenoxy) is 1. The molecule has 0 saturated carbocycles. The van der Waals surface area contributed by atoms with Gasteiger partial charge < -0.3 is 4.74 Å². The minimum Gasteiger partial charge on any atom is -0.459 e. The number of hydrogen-bond donors (Lipinski definition) is 0. The molecule has 0 saturated heterocycles. The summed E-state index contributed by atoms with van der Waals surface area (Å²) < 4.78 is 5.42. The molecule has 1 atom stereocenters. The van der Waals surface area contributed by atoms with E-state index in [0.29, 0.717) is 5.56 Å². The van der Waals surface area contributed by atoms with Crippen LogP contribution in [-0.4, -0.2) is 12.1 Å². The molecule has 18 heavy (non-hydrogen) atoms. The molecular weight excluding hydrogens is 224 g/mol. The Labute approximate surface area is 110 Å². The lowest BCUT2D eigenvalue weighted by Crippen LogP contribution is -2.15. The zero-order valence-electron chi connectivity index (χ0n) is 11.7. The van der Waals surface area contributed by atoms with Crippen LogP contribution < -0.4 is 0 Å². The molecular formula is C16H24O2. The minimum absolute atomic E-state index is 0.00987. The number of esters is 1. The van der Waals surface area contributed by atoms with Gasteiger partial charge in [0.2, 0.25) is 0 Å². The summed E-state index contributed by atoms with van der Waals surface area (Å²) in [6, 6.07) is 7.51. The molecule has 0 aliphatic carbocycles. The van der Waals surface area contributed by atoms with E-state index in [9.17, 15) is 4.79 Å². The van der Waals surface area contributed by atoms with Crippen molar-refractivity contribution in [3.8, 4) is 0 Å². The maximum atomic E-state index is 11.8. The molecule has 1 aromatic rings. The van der Waals surface area contributed by atoms with E-state index in [1.165, 1.54) is 19.3 Å². The van der Waals surface area contributed by atoms with E-state index < -0.39 is 0 Å². The number of aryl methyl sites for hydroxylation is 1. The predicted octanol–water partition coefficient (Wildman–Crippen LogP) is 4.51. The standard InChI is InChI=1S/C16H24O2/c1-4-5-6-7-8-14(3)18-16(17)15-11-9-13(2)10-12-15/h9-12,14H,4-8H2,1-3H3/t14-/m0/s1. The van der Waals surface area contributed by atoms with Crippen LogP contribution in [0.25, 0.3) is 0 Å². The first kappa shape index (κ1) is 14.7. The highest BCUT2D eigenvalue weighted by molar-refractivity contribution is 5.89. The second kappa shape index (κ2) is 7.91. The third-order valence-corrected chi connectivity index (χ3v) is 3.06. The topological polar surface area (TPSA) is 26.3 Å². The zero-order chi connectivity index (χ0) is 13.4. The first-order valence-electron chi connectivity index (χ1n) is 6.91. The average Bonchev–Trinajstić information content (AvgIpc) is 2.35. The molecule has 0 spiro atoms. The summed E-state index contributed by atoms with van der Waals surface area (Å²) in [6.45, 7) is 6.17. The fraction of sp³-hybridized carbons (Fsp3) is 0.562. The van der Waals surface area contributed by atoms with Gasteiger partial charge in [-0.1, -0.05) is 43.9 Å². The summed E-state index contributed by atoms with van der Waals surface area (Å²) in [7, 11) is 0. The van der Waals surface area contributed by atoms with Crippen LogP contribution in [0.5, 0.6) is 0 Å². The summed E-state index contributed by atoms with van der Waals surface area (Å²) in [5, 5.41) is 0. The van der Waals surface area contributed by atoms with Gasteiger partial charge in [0.05, 0.1) is 11.7 Å². The quantitative estimate of drug-likeness (QED) is 0.524. The molecule has 0 aliphatic heterocycles. The Hall–Kier alpha value is -1.31. The first-order valence-corrected chi connectivity index (χ1v) is 6.91. The molecule has 1 aromatic carbocycles. The molecule has 2 nitrogen and oxygen atoms in total. The fourth-order valence-electron chi connectivity index (χ4n) is 1.86. The van der Waals surface area contributed by atoms with Gasteiger partial charge in [0, 0.05) is 0 Å². The van der Waals surface area contributed by atoms with E-state index in [1.807, 2.05) is 38.1 Å². The first-order chi connectivity index (χ1) is 8.63. The average molecular weight is 248 g/mol. The SMILES string of the molecule is CCCCCC[C@H](C)OC(=O)c1ccc(C)cc1. The lowest BCUT2D eigenvalue weighted by Gasteiger charge is -2.13. The van der Waals surface area contributed by atoms with E-state index in [2.05, 4.69) is 6.92 Å². The Bertz CT molecular complexity index is 354. The number of unbranched alkanes of at least 4 members (excludes halogenated alkanes) is 3. The van der Waals surface area contributed by atoms with Crippen LogP contribution in [0, 0.1) is 6.92 Å². The number of benzene rings is 1. The Balaban J connectivity index is 2.33. The number of rotatable bonds is 7. The van der Waals surface area contributed by atoms with E-state index >= 15 is 0 Å². The molecule has 0 aromatic heterocycles. The van der Waals surface area contributed by atoms with Gasteiger partial charge >= 0.3 is 5.97 Å². The molecule has 0 bridgehead atoms. The van der Waals surface area contributed by atoms with Crippen molar-refractivity contribution in [3.63, 3.8) is 0 Å². The summed E-state index contributed by atoms with van der Waals surface area (Å²) in [4.78, 5) is 11.8. The highest BCUT2D eigenvalue weighted by Crippen LogP contribution is 2.11. The van der Waals surface area contributed by atoms with E-state index in [0.717, 1.165) is 18.4 Å². The van der Waals surface area contributed by atoms with Crippen molar-refractivity contribution < 1.29 is 9.53 Å². The molecule has 0 heterocycles. The van der Waals surface area contributed by atoms with Crippen LogP contribution in [0.3, 0.4) is 0 Å². The highest BCUT2D eigenvalue weighted by atomic mass is 16.5. The second-order valence-electron chi connectivity index (χ2n) is 4.93. The van der Waals surface area contributed by atoms with Crippen LogP contribution in [-0.2, 0) is 4.74 Å². The normalized spacial score (nSPS) is 12.2. The molecule has 0 N–H and O–H groups in total. The summed E-state index contributed by atoms with van der Waals surface area (Å²) in [6.07, 6.45) is 5.82. The summed E-state index contributed by atoms with van der Waals surface area (Å²) in [5.74, 6) is -0.210.